The Morgan fingerprint density at radius 2 is 1.71 bits per heavy atom. The first kappa shape index (κ1) is 11.8. The monoisotopic (exact) mass is 274 g/mol. The molecule has 0 fully saturated rings. The van der Waals surface area contributed by atoms with Gasteiger partial charge in [-0.25, -0.2) is 0 Å². The van der Waals surface area contributed by atoms with Gasteiger partial charge in [0, 0.05) is 16.6 Å². The lowest BCUT2D eigenvalue weighted by Gasteiger charge is -2.11. The number of rotatable bonds is 2. The standard InChI is InChI=1S/C17H14N4/c18-17-20-15-13-9-5-4-6-11(13)10-14(15)16(21-17)19-12-7-2-1-3-8-12/h1-10,19H,(H3,18,20,21). The third-order valence-corrected chi connectivity index (χ3v) is 3.58. The van der Waals surface area contributed by atoms with E-state index in [-0.39, 0.29) is 0 Å². The Kier molecular flexibility index (Phi) is 2.54. The third-order valence-electron chi connectivity index (χ3n) is 3.58. The largest absolute Gasteiger partial charge is 0.369 e. The van der Waals surface area contributed by atoms with Gasteiger partial charge in [0.25, 0.3) is 0 Å². The highest BCUT2D eigenvalue weighted by Crippen LogP contribution is 2.38. The molecule has 0 aromatic heterocycles. The smallest absolute Gasteiger partial charge is 0.199 e. The van der Waals surface area contributed by atoms with Crippen molar-refractivity contribution in [3.8, 4) is 11.3 Å². The van der Waals surface area contributed by atoms with Crippen LogP contribution in [0.3, 0.4) is 0 Å². The van der Waals surface area contributed by atoms with Crippen LogP contribution in [0.1, 0.15) is 0 Å². The normalized spacial score (nSPS) is 11.0. The molecule has 0 amide bonds. The zero-order chi connectivity index (χ0) is 14.2. The minimum absolute atomic E-state index is 0.400. The van der Waals surface area contributed by atoms with E-state index in [2.05, 4.69) is 33.5 Å². The zero-order valence-corrected chi connectivity index (χ0v) is 11.3. The SMILES string of the molecule is Nc1nc(Nc2ccccc2)c2cc3ccccc3c-2[nH]1. The van der Waals surface area contributed by atoms with Gasteiger partial charge in [0.15, 0.2) is 5.95 Å². The summed E-state index contributed by atoms with van der Waals surface area (Å²) >= 11 is 0. The number of aromatic amines is 1. The van der Waals surface area contributed by atoms with E-state index in [1.54, 1.807) is 0 Å². The lowest BCUT2D eigenvalue weighted by Crippen LogP contribution is -2.02. The molecule has 2 aromatic rings. The van der Waals surface area contributed by atoms with E-state index in [1.807, 2.05) is 42.5 Å². The number of hydrogen-bond donors (Lipinski definition) is 3. The van der Waals surface area contributed by atoms with E-state index in [0.29, 0.717) is 5.95 Å². The van der Waals surface area contributed by atoms with Crippen LogP contribution in [0.25, 0.3) is 22.0 Å². The molecule has 0 atom stereocenters. The fourth-order valence-corrected chi connectivity index (χ4v) is 2.63. The van der Waals surface area contributed by atoms with Crippen LogP contribution in [0.5, 0.6) is 0 Å². The number of nitrogens with one attached hydrogen (secondary N) is 2. The lowest BCUT2D eigenvalue weighted by atomic mass is 10.2. The highest BCUT2D eigenvalue weighted by molar-refractivity contribution is 6.04. The summed E-state index contributed by atoms with van der Waals surface area (Å²) in [5.41, 5.74) is 8.96. The van der Waals surface area contributed by atoms with Crippen LogP contribution in [0, 0.1) is 0 Å². The number of nitrogens with two attached hydrogens (primary N) is 1. The van der Waals surface area contributed by atoms with E-state index < -0.39 is 0 Å². The molecule has 4 rings (SSSR count). The van der Waals surface area contributed by atoms with Crippen molar-refractivity contribution in [3.05, 3.63) is 60.7 Å². The number of nitrogen functional groups attached to an aromatic ring is 1. The highest BCUT2D eigenvalue weighted by Gasteiger charge is 2.16. The second-order valence-corrected chi connectivity index (χ2v) is 4.98. The molecule has 4 nitrogen and oxygen atoms in total. The van der Waals surface area contributed by atoms with Gasteiger partial charge in [-0.15, -0.1) is 0 Å². The van der Waals surface area contributed by atoms with Gasteiger partial charge in [-0.2, -0.15) is 4.98 Å². The topological polar surface area (TPSA) is 66.7 Å². The maximum absolute atomic E-state index is 5.92. The van der Waals surface area contributed by atoms with Crippen molar-refractivity contribution in [1.82, 2.24) is 9.97 Å². The van der Waals surface area contributed by atoms with Crippen LogP contribution in [-0.4, -0.2) is 9.97 Å². The van der Waals surface area contributed by atoms with Crippen molar-refractivity contribution in [2.24, 2.45) is 0 Å². The molecule has 2 aliphatic rings. The predicted octanol–water partition coefficient (Wildman–Crippen LogP) is 3.99. The summed E-state index contributed by atoms with van der Waals surface area (Å²) in [6.07, 6.45) is 0. The molecule has 102 valence electrons. The number of anilines is 3. The van der Waals surface area contributed by atoms with Crippen molar-refractivity contribution in [2.75, 3.05) is 11.1 Å². The molecule has 1 aliphatic heterocycles. The maximum Gasteiger partial charge on any atom is 0.199 e. The van der Waals surface area contributed by atoms with E-state index in [0.717, 1.165) is 28.1 Å². The average Bonchev–Trinajstić information content (AvgIpc) is 2.87. The summed E-state index contributed by atoms with van der Waals surface area (Å²) < 4.78 is 0. The zero-order valence-electron chi connectivity index (χ0n) is 11.3. The number of nitrogens with zero attached hydrogens (tertiary/aromatic N) is 1. The van der Waals surface area contributed by atoms with Crippen LogP contribution >= 0.6 is 0 Å². The Labute approximate surface area is 122 Å². The fraction of sp³-hybridized carbons (Fsp3) is 0. The van der Waals surface area contributed by atoms with Gasteiger partial charge in [0.2, 0.25) is 0 Å². The highest BCUT2D eigenvalue weighted by atomic mass is 15.1. The van der Waals surface area contributed by atoms with Gasteiger partial charge in [-0.1, -0.05) is 42.5 Å². The van der Waals surface area contributed by atoms with Gasteiger partial charge in [0.1, 0.15) is 5.82 Å². The number of benzene rings is 2. The molecule has 0 bridgehead atoms. The quantitative estimate of drug-likeness (QED) is 0.517. The minimum Gasteiger partial charge on any atom is -0.369 e. The van der Waals surface area contributed by atoms with Crippen molar-refractivity contribution in [1.29, 1.82) is 0 Å². The van der Waals surface area contributed by atoms with Gasteiger partial charge in [0.05, 0.1) is 5.69 Å². The Hall–Kier alpha value is -3.01. The first-order valence-electron chi connectivity index (χ1n) is 6.80. The summed E-state index contributed by atoms with van der Waals surface area (Å²) in [5, 5.41) is 5.66. The van der Waals surface area contributed by atoms with E-state index in [9.17, 15) is 0 Å². The van der Waals surface area contributed by atoms with E-state index >= 15 is 0 Å². The van der Waals surface area contributed by atoms with Gasteiger partial charge in [-0.05, 0) is 23.6 Å². The van der Waals surface area contributed by atoms with Crippen LogP contribution in [0.15, 0.2) is 60.7 Å². The summed E-state index contributed by atoms with van der Waals surface area (Å²) in [6.45, 7) is 0. The van der Waals surface area contributed by atoms with Crippen LogP contribution in [0.2, 0.25) is 0 Å². The molecule has 0 unspecified atom stereocenters. The molecular weight excluding hydrogens is 260 g/mol. The molecule has 0 saturated heterocycles. The summed E-state index contributed by atoms with van der Waals surface area (Å²) in [5.74, 6) is 1.17. The molecule has 0 saturated carbocycles. The van der Waals surface area contributed by atoms with Crippen molar-refractivity contribution in [2.45, 2.75) is 0 Å². The Balaban J connectivity index is 1.91. The average molecular weight is 274 g/mol. The Morgan fingerprint density at radius 1 is 0.952 bits per heavy atom. The minimum atomic E-state index is 0.400. The Morgan fingerprint density at radius 3 is 2.57 bits per heavy atom. The molecule has 4 N–H and O–H groups in total. The first-order chi connectivity index (χ1) is 10.3. The van der Waals surface area contributed by atoms with Crippen molar-refractivity contribution >= 4 is 28.2 Å². The number of hydrogen-bond acceptors (Lipinski definition) is 3. The number of para-hydroxylation sites is 1. The summed E-state index contributed by atoms with van der Waals surface area (Å²) in [4.78, 5) is 7.57. The van der Waals surface area contributed by atoms with Gasteiger partial charge in [-0.3, -0.25) is 0 Å². The second kappa shape index (κ2) is 4.52. The van der Waals surface area contributed by atoms with Gasteiger partial charge >= 0.3 is 0 Å². The predicted molar refractivity (Wildman–Crippen MR) is 86.9 cm³/mol. The van der Waals surface area contributed by atoms with Crippen molar-refractivity contribution in [3.63, 3.8) is 0 Å². The molecular formula is C17H14N4. The Bertz CT molecular complexity index is 880. The van der Waals surface area contributed by atoms with Crippen LogP contribution in [0.4, 0.5) is 17.5 Å². The number of H-pyrrole nitrogens is 1. The van der Waals surface area contributed by atoms with Crippen molar-refractivity contribution < 1.29 is 0 Å². The van der Waals surface area contributed by atoms with Crippen LogP contribution in [-0.2, 0) is 0 Å². The molecule has 0 radical (unpaired) electrons. The summed E-state index contributed by atoms with van der Waals surface area (Å²) in [7, 11) is 0. The number of aromatic nitrogens is 2. The molecule has 21 heavy (non-hydrogen) atoms. The maximum atomic E-state index is 5.92. The second-order valence-electron chi connectivity index (χ2n) is 4.98. The fourth-order valence-electron chi connectivity index (χ4n) is 2.63. The lowest BCUT2D eigenvalue weighted by molar-refractivity contribution is 1.20. The van der Waals surface area contributed by atoms with Crippen LogP contribution < -0.4 is 11.1 Å². The van der Waals surface area contributed by atoms with E-state index in [4.69, 9.17) is 5.73 Å². The molecule has 2 aromatic carbocycles. The molecule has 1 aliphatic carbocycles. The third kappa shape index (κ3) is 1.97. The molecule has 1 heterocycles. The van der Waals surface area contributed by atoms with E-state index in [1.165, 1.54) is 5.39 Å². The van der Waals surface area contributed by atoms with Gasteiger partial charge < -0.3 is 16.0 Å². The molecule has 0 spiro atoms. The molecule has 4 heteroatoms. The number of fused-ring (bicyclic) bond motifs is 3. The summed E-state index contributed by atoms with van der Waals surface area (Å²) in [6, 6.07) is 20.3. The first-order valence-corrected chi connectivity index (χ1v) is 6.80.